The normalized spacial score (nSPS) is 21.2. The standard InChI is InChI=1S/C13H18N4O3S/c1-2-21-9-4-3-8(5-9)16-13(18)10-6-12(14)15-7-11(10)17(19)20/h6-9H,2-5H2,1H3,(H2,14,15)(H,16,18). The first-order valence-corrected chi connectivity index (χ1v) is 7.88. The molecule has 1 aliphatic carbocycles. The Kier molecular flexibility index (Phi) is 5.00. The van der Waals surface area contributed by atoms with Crippen LogP contribution in [0.1, 0.15) is 36.5 Å². The van der Waals surface area contributed by atoms with Gasteiger partial charge in [0, 0.05) is 11.3 Å². The number of pyridine rings is 1. The van der Waals surface area contributed by atoms with Gasteiger partial charge in [-0.05, 0) is 31.1 Å². The molecule has 1 amide bonds. The molecule has 7 nitrogen and oxygen atoms in total. The van der Waals surface area contributed by atoms with E-state index in [1.54, 1.807) is 0 Å². The topological polar surface area (TPSA) is 111 Å². The van der Waals surface area contributed by atoms with Crippen LogP contribution in [0.4, 0.5) is 11.5 Å². The number of nitrogens with zero attached hydrogens (tertiary/aromatic N) is 2. The number of nitro groups is 1. The van der Waals surface area contributed by atoms with Crippen molar-refractivity contribution in [1.82, 2.24) is 10.3 Å². The molecule has 0 radical (unpaired) electrons. The van der Waals surface area contributed by atoms with E-state index in [-0.39, 0.29) is 23.1 Å². The molecule has 2 unspecified atom stereocenters. The number of rotatable bonds is 5. The average molecular weight is 310 g/mol. The van der Waals surface area contributed by atoms with Gasteiger partial charge in [-0.3, -0.25) is 14.9 Å². The van der Waals surface area contributed by atoms with Crippen molar-refractivity contribution in [2.45, 2.75) is 37.5 Å². The van der Waals surface area contributed by atoms with Gasteiger partial charge in [-0.15, -0.1) is 0 Å². The van der Waals surface area contributed by atoms with Gasteiger partial charge in [0.05, 0.1) is 4.92 Å². The number of nitrogens with two attached hydrogens (primary N) is 1. The zero-order chi connectivity index (χ0) is 15.4. The monoisotopic (exact) mass is 310 g/mol. The van der Waals surface area contributed by atoms with E-state index in [0.29, 0.717) is 5.25 Å². The Labute approximate surface area is 126 Å². The molecule has 0 saturated heterocycles. The largest absolute Gasteiger partial charge is 0.384 e. The zero-order valence-electron chi connectivity index (χ0n) is 11.7. The molecular formula is C13H18N4O3S. The predicted octanol–water partition coefficient (Wildman–Crippen LogP) is 1.98. The van der Waals surface area contributed by atoms with Crippen LogP contribution in [0.5, 0.6) is 0 Å². The van der Waals surface area contributed by atoms with Crippen LogP contribution < -0.4 is 11.1 Å². The molecule has 1 aliphatic rings. The van der Waals surface area contributed by atoms with Crippen molar-refractivity contribution >= 4 is 29.2 Å². The van der Waals surface area contributed by atoms with Crippen LogP contribution in [0.25, 0.3) is 0 Å². The first-order valence-electron chi connectivity index (χ1n) is 6.83. The van der Waals surface area contributed by atoms with Crippen molar-refractivity contribution in [1.29, 1.82) is 0 Å². The lowest BCUT2D eigenvalue weighted by Gasteiger charge is -2.13. The van der Waals surface area contributed by atoms with Crippen LogP contribution in [0.2, 0.25) is 0 Å². The molecule has 3 N–H and O–H groups in total. The minimum atomic E-state index is -0.619. The van der Waals surface area contributed by atoms with E-state index < -0.39 is 10.8 Å². The summed E-state index contributed by atoms with van der Waals surface area (Å²) in [5.41, 5.74) is 5.17. The number of carbonyl (C=O) groups excluding carboxylic acids is 1. The molecule has 114 valence electrons. The summed E-state index contributed by atoms with van der Waals surface area (Å²) in [6.45, 7) is 2.11. The Morgan fingerprint density at radius 3 is 3.05 bits per heavy atom. The summed E-state index contributed by atoms with van der Waals surface area (Å²) >= 11 is 1.89. The fourth-order valence-corrected chi connectivity index (χ4v) is 3.66. The van der Waals surface area contributed by atoms with Crippen molar-refractivity contribution < 1.29 is 9.72 Å². The van der Waals surface area contributed by atoms with Gasteiger partial charge in [0.15, 0.2) is 0 Å². The first kappa shape index (κ1) is 15.6. The molecule has 2 atom stereocenters. The average Bonchev–Trinajstić information content (AvgIpc) is 2.86. The molecule has 1 heterocycles. The van der Waals surface area contributed by atoms with Gasteiger partial charge in [0.25, 0.3) is 11.6 Å². The number of aromatic nitrogens is 1. The predicted molar refractivity (Wildman–Crippen MR) is 82.3 cm³/mol. The highest BCUT2D eigenvalue weighted by Gasteiger charge is 2.28. The van der Waals surface area contributed by atoms with Gasteiger partial charge >= 0.3 is 0 Å². The molecule has 21 heavy (non-hydrogen) atoms. The minimum Gasteiger partial charge on any atom is -0.384 e. The number of thioether (sulfide) groups is 1. The molecule has 0 spiro atoms. The van der Waals surface area contributed by atoms with E-state index in [2.05, 4.69) is 17.2 Å². The molecule has 8 heteroatoms. The summed E-state index contributed by atoms with van der Waals surface area (Å²) in [5, 5.41) is 14.4. The van der Waals surface area contributed by atoms with Crippen molar-refractivity contribution in [3.63, 3.8) is 0 Å². The summed E-state index contributed by atoms with van der Waals surface area (Å²) < 4.78 is 0. The van der Waals surface area contributed by atoms with E-state index in [4.69, 9.17) is 5.73 Å². The molecular weight excluding hydrogens is 292 g/mol. The second-order valence-electron chi connectivity index (χ2n) is 4.94. The van der Waals surface area contributed by atoms with Gasteiger partial charge in [-0.2, -0.15) is 11.8 Å². The summed E-state index contributed by atoms with van der Waals surface area (Å²) in [6, 6.07) is 1.32. The Hall–Kier alpha value is -1.83. The number of nitrogen functional groups attached to an aromatic ring is 1. The van der Waals surface area contributed by atoms with Gasteiger partial charge < -0.3 is 11.1 Å². The van der Waals surface area contributed by atoms with Crippen LogP contribution in [-0.4, -0.2) is 32.9 Å². The molecule has 2 rings (SSSR count). The lowest BCUT2D eigenvalue weighted by molar-refractivity contribution is -0.385. The number of hydrogen-bond donors (Lipinski definition) is 2. The van der Waals surface area contributed by atoms with E-state index in [0.717, 1.165) is 31.2 Å². The molecule has 1 fully saturated rings. The molecule has 0 aliphatic heterocycles. The number of nitrogens with one attached hydrogen (secondary N) is 1. The third-order valence-electron chi connectivity index (χ3n) is 3.47. The van der Waals surface area contributed by atoms with Gasteiger partial charge in [-0.1, -0.05) is 6.92 Å². The fraction of sp³-hybridized carbons (Fsp3) is 0.538. The van der Waals surface area contributed by atoms with Crippen molar-refractivity contribution in [3.8, 4) is 0 Å². The summed E-state index contributed by atoms with van der Waals surface area (Å²) in [4.78, 5) is 26.2. The van der Waals surface area contributed by atoms with Crippen LogP contribution in [0.3, 0.4) is 0 Å². The molecule has 1 saturated carbocycles. The van der Waals surface area contributed by atoms with Crippen molar-refractivity contribution in [2.75, 3.05) is 11.5 Å². The maximum absolute atomic E-state index is 12.2. The maximum Gasteiger partial charge on any atom is 0.300 e. The number of carbonyl (C=O) groups is 1. The van der Waals surface area contributed by atoms with E-state index in [1.165, 1.54) is 6.07 Å². The summed E-state index contributed by atoms with van der Waals surface area (Å²) in [5.74, 6) is 0.692. The van der Waals surface area contributed by atoms with Gasteiger partial charge in [-0.25, -0.2) is 4.98 Å². The van der Waals surface area contributed by atoms with Crippen LogP contribution in [0, 0.1) is 10.1 Å². The Balaban J connectivity index is 2.07. The number of anilines is 1. The smallest absolute Gasteiger partial charge is 0.300 e. The van der Waals surface area contributed by atoms with Crippen molar-refractivity contribution in [2.24, 2.45) is 0 Å². The quantitative estimate of drug-likeness (QED) is 0.635. The third kappa shape index (κ3) is 3.84. The number of amides is 1. The SMILES string of the molecule is CCSC1CCC(NC(=O)c2cc(N)ncc2[N+](=O)[O-])C1. The van der Waals surface area contributed by atoms with E-state index in [9.17, 15) is 14.9 Å². The van der Waals surface area contributed by atoms with Crippen LogP contribution in [0.15, 0.2) is 12.3 Å². The fourth-order valence-electron chi connectivity index (χ4n) is 2.51. The first-order chi connectivity index (χ1) is 10.0. The van der Waals surface area contributed by atoms with Crippen LogP contribution in [-0.2, 0) is 0 Å². The van der Waals surface area contributed by atoms with Crippen LogP contribution >= 0.6 is 11.8 Å². The highest BCUT2D eigenvalue weighted by atomic mass is 32.2. The molecule has 1 aromatic heterocycles. The minimum absolute atomic E-state index is 0.0286. The lowest BCUT2D eigenvalue weighted by Crippen LogP contribution is -2.33. The van der Waals surface area contributed by atoms with Gasteiger partial charge in [0.1, 0.15) is 17.6 Å². The Bertz CT molecular complexity index is 552. The van der Waals surface area contributed by atoms with Gasteiger partial charge in [0.2, 0.25) is 0 Å². The summed E-state index contributed by atoms with van der Waals surface area (Å²) in [7, 11) is 0. The Morgan fingerprint density at radius 2 is 2.38 bits per heavy atom. The maximum atomic E-state index is 12.2. The van der Waals surface area contributed by atoms with E-state index >= 15 is 0 Å². The highest BCUT2D eigenvalue weighted by molar-refractivity contribution is 7.99. The third-order valence-corrected chi connectivity index (χ3v) is 4.70. The Morgan fingerprint density at radius 1 is 1.62 bits per heavy atom. The summed E-state index contributed by atoms with van der Waals surface area (Å²) in [6.07, 6.45) is 3.88. The lowest BCUT2D eigenvalue weighted by atomic mass is 10.1. The molecule has 1 aromatic rings. The molecule has 0 bridgehead atoms. The second-order valence-corrected chi connectivity index (χ2v) is 6.52. The molecule has 0 aromatic carbocycles. The second kappa shape index (κ2) is 6.75. The number of hydrogen-bond acceptors (Lipinski definition) is 6. The zero-order valence-corrected chi connectivity index (χ0v) is 12.6. The van der Waals surface area contributed by atoms with Crippen molar-refractivity contribution in [3.05, 3.63) is 27.9 Å². The highest BCUT2D eigenvalue weighted by Crippen LogP contribution is 2.30. The van der Waals surface area contributed by atoms with E-state index in [1.807, 2.05) is 11.8 Å².